The lowest BCUT2D eigenvalue weighted by molar-refractivity contribution is -0.117. The number of aliphatic hydroxyl groups is 1. The molecular formula is C19H21NO2. The lowest BCUT2D eigenvalue weighted by atomic mass is 9.90. The summed E-state index contributed by atoms with van der Waals surface area (Å²) in [4.78, 5) is 12.0. The summed E-state index contributed by atoms with van der Waals surface area (Å²) in [5, 5.41) is 13.7. The predicted octanol–water partition coefficient (Wildman–Crippen LogP) is 3.83. The van der Waals surface area contributed by atoms with E-state index in [4.69, 9.17) is 0 Å². The zero-order valence-corrected chi connectivity index (χ0v) is 13.2. The van der Waals surface area contributed by atoms with Crippen molar-refractivity contribution < 1.29 is 9.90 Å². The Bertz CT molecular complexity index is 736. The van der Waals surface area contributed by atoms with Crippen molar-refractivity contribution in [2.24, 2.45) is 0 Å². The molecule has 2 aromatic rings. The van der Waals surface area contributed by atoms with Gasteiger partial charge in [0.05, 0.1) is 5.92 Å². The Morgan fingerprint density at radius 1 is 1.18 bits per heavy atom. The van der Waals surface area contributed by atoms with E-state index >= 15 is 0 Å². The van der Waals surface area contributed by atoms with Gasteiger partial charge in [0.25, 0.3) is 0 Å². The zero-order chi connectivity index (χ0) is 15.9. The molecule has 1 aliphatic rings. The average Bonchev–Trinajstić information content (AvgIpc) is 2.83. The Morgan fingerprint density at radius 2 is 1.91 bits per heavy atom. The molecule has 22 heavy (non-hydrogen) atoms. The molecule has 0 spiro atoms. The molecule has 2 aromatic carbocycles. The van der Waals surface area contributed by atoms with Gasteiger partial charge in [-0.25, -0.2) is 0 Å². The van der Waals surface area contributed by atoms with Gasteiger partial charge in [0.1, 0.15) is 6.10 Å². The van der Waals surface area contributed by atoms with Crippen molar-refractivity contribution in [2.75, 3.05) is 5.32 Å². The van der Waals surface area contributed by atoms with Crippen molar-refractivity contribution in [2.45, 2.75) is 39.2 Å². The quantitative estimate of drug-likeness (QED) is 0.904. The summed E-state index contributed by atoms with van der Waals surface area (Å²) in [6.45, 7) is 5.99. The van der Waals surface area contributed by atoms with Crippen LogP contribution in [0.5, 0.6) is 0 Å². The summed E-state index contributed by atoms with van der Waals surface area (Å²) in [5.74, 6) is -0.0548. The Labute approximate surface area is 131 Å². The van der Waals surface area contributed by atoms with Crippen molar-refractivity contribution in [3.8, 4) is 0 Å². The maximum Gasteiger partial charge on any atom is 0.232 e. The highest BCUT2D eigenvalue weighted by Gasteiger charge is 2.31. The Hall–Kier alpha value is -2.13. The molecule has 3 heteroatoms. The minimum atomic E-state index is -0.668. The number of aryl methyl sites for hydroxylation is 2. The fourth-order valence-corrected chi connectivity index (χ4v) is 3.28. The molecule has 2 N–H and O–H groups in total. The summed E-state index contributed by atoms with van der Waals surface area (Å²) in [6.07, 6.45) is 0.0979. The third kappa shape index (κ3) is 2.32. The molecule has 2 unspecified atom stereocenters. The van der Waals surface area contributed by atoms with Crippen LogP contribution >= 0.6 is 0 Å². The van der Waals surface area contributed by atoms with Crippen LogP contribution < -0.4 is 5.32 Å². The number of carbonyl (C=O) groups excluding carboxylic acids is 1. The van der Waals surface area contributed by atoms with Gasteiger partial charge in [-0.1, -0.05) is 37.3 Å². The molecule has 1 aliphatic heterocycles. The van der Waals surface area contributed by atoms with Crippen LogP contribution in [0.2, 0.25) is 0 Å². The lowest BCUT2D eigenvalue weighted by Gasteiger charge is -2.17. The van der Waals surface area contributed by atoms with Gasteiger partial charge in [0.15, 0.2) is 0 Å². The molecule has 114 valence electrons. The Morgan fingerprint density at radius 3 is 2.59 bits per heavy atom. The van der Waals surface area contributed by atoms with Gasteiger partial charge in [0.2, 0.25) is 5.91 Å². The first kappa shape index (κ1) is 14.8. The number of fused-ring (bicyclic) bond motifs is 1. The minimum Gasteiger partial charge on any atom is -0.384 e. The van der Waals surface area contributed by atoms with Gasteiger partial charge in [-0.3, -0.25) is 4.79 Å². The topological polar surface area (TPSA) is 49.3 Å². The third-order valence-corrected chi connectivity index (χ3v) is 4.54. The monoisotopic (exact) mass is 295 g/mol. The van der Waals surface area contributed by atoms with E-state index in [1.54, 1.807) is 0 Å². The number of hydrogen-bond acceptors (Lipinski definition) is 2. The zero-order valence-electron chi connectivity index (χ0n) is 13.2. The van der Waals surface area contributed by atoms with Crippen LogP contribution in [-0.2, 0) is 4.79 Å². The molecule has 2 atom stereocenters. The number of amides is 1. The summed E-state index contributed by atoms with van der Waals surface area (Å²) in [7, 11) is 0. The van der Waals surface area contributed by atoms with Gasteiger partial charge < -0.3 is 10.4 Å². The smallest absolute Gasteiger partial charge is 0.232 e. The number of nitrogens with one attached hydrogen (secondary N) is 1. The standard InChI is InChI=1S/C19H21NO2/c1-4-14-16-10-13(9-12(3)17(16)20-19(14)22)18(21)15-8-6-5-7-11(15)2/h5-10,14,18,21H,4H2,1-3H3,(H,20,22). The Balaban J connectivity index is 2.07. The fraction of sp³-hybridized carbons (Fsp3) is 0.316. The minimum absolute atomic E-state index is 0.0585. The Kier molecular flexibility index (Phi) is 3.75. The van der Waals surface area contributed by atoms with Crippen LogP contribution in [0, 0.1) is 13.8 Å². The number of rotatable bonds is 3. The van der Waals surface area contributed by atoms with Gasteiger partial charge in [-0.2, -0.15) is 0 Å². The maximum absolute atomic E-state index is 12.0. The number of benzene rings is 2. The number of aliphatic hydroxyl groups excluding tert-OH is 1. The van der Waals surface area contributed by atoms with Gasteiger partial charge in [0, 0.05) is 5.69 Å². The molecule has 1 heterocycles. The van der Waals surface area contributed by atoms with E-state index in [1.165, 1.54) is 0 Å². The second-order valence-corrected chi connectivity index (χ2v) is 6.01. The van der Waals surface area contributed by atoms with E-state index in [9.17, 15) is 9.90 Å². The molecule has 3 nitrogen and oxygen atoms in total. The number of carbonyl (C=O) groups is 1. The summed E-state index contributed by atoms with van der Waals surface area (Å²) in [6, 6.07) is 11.8. The molecule has 0 fully saturated rings. The molecule has 3 rings (SSSR count). The van der Waals surface area contributed by atoms with Crippen LogP contribution in [0.25, 0.3) is 0 Å². The van der Waals surface area contributed by atoms with Crippen molar-refractivity contribution >= 4 is 11.6 Å². The van der Waals surface area contributed by atoms with Crippen LogP contribution in [-0.4, -0.2) is 11.0 Å². The molecule has 0 radical (unpaired) electrons. The number of anilines is 1. The molecule has 0 aromatic heterocycles. The third-order valence-electron chi connectivity index (χ3n) is 4.54. The van der Waals surface area contributed by atoms with Gasteiger partial charge in [-0.15, -0.1) is 0 Å². The largest absolute Gasteiger partial charge is 0.384 e. The van der Waals surface area contributed by atoms with E-state index in [0.29, 0.717) is 0 Å². The SMILES string of the molecule is CCC1C(=O)Nc2c(C)cc(C(O)c3ccccc3C)cc21. The van der Waals surface area contributed by atoms with Crippen molar-refractivity contribution in [3.63, 3.8) is 0 Å². The van der Waals surface area contributed by atoms with Crippen LogP contribution in [0.4, 0.5) is 5.69 Å². The van der Waals surface area contributed by atoms with E-state index in [0.717, 1.165) is 39.9 Å². The van der Waals surface area contributed by atoms with Gasteiger partial charge in [-0.05, 0) is 54.2 Å². The highest BCUT2D eigenvalue weighted by atomic mass is 16.3. The molecule has 0 saturated heterocycles. The molecule has 0 saturated carbocycles. The van der Waals surface area contributed by atoms with Crippen LogP contribution in [0.15, 0.2) is 36.4 Å². The van der Waals surface area contributed by atoms with E-state index in [1.807, 2.05) is 57.2 Å². The normalized spacial score (nSPS) is 18.0. The average molecular weight is 295 g/mol. The first-order chi connectivity index (χ1) is 10.5. The summed E-state index contributed by atoms with van der Waals surface area (Å²) >= 11 is 0. The second-order valence-electron chi connectivity index (χ2n) is 6.01. The van der Waals surface area contributed by atoms with Gasteiger partial charge >= 0.3 is 0 Å². The number of hydrogen-bond donors (Lipinski definition) is 2. The first-order valence-corrected chi connectivity index (χ1v) is 7.71. The van der Waals surface area contributed by atoms with Crippen molar-refractivity contribution in [1.82, 2.24) is 0 Å². The van der Waals surface area contributed by atoms with Crippen molar-refractivity contribution in [3.05, 3.63) is 64.2 Å². The molecule has 0 bridgehead atoms. The second kappa shape index (κ2) is 5.58. The highest BCUT2D eigenvalue weighted by molar-refractivity contribution is 6.03. The molecule has 1 amide bonds. The fourth-order valence-electron chi connectivity index (χ4n) is 3.28. The maximum atomic E-state index is 12.0. The first-order valence-electron chi connectivity index (χ1n) is 7.71. The van der Waals surface area contributed by atoms with E-state index in [2.05, 4.69) is 5.32 Å². The van der Waals surface area contributed by atoms with Crippen molar-refractivity contribution in [1.29, 1.82) is 0 Å². The lowest BCUT2D eigenvalue weighted by Crippen LogP contribution is -2.10. The summed E-state index contributed by atoms with van der Waals surface area (Å²) in [5.41, 5.74) is 5.75. The van der Waals surface area contributed by atoms with Crippen LogP contribution in [0.1, 0.15) is 53.2 Å². The predicted molar refractivity (Wildman–Crippen MR) is 88.1 cm³/mol. The molecular weight excluding hydrogens is 274 g/mol. The summed E-state index contributed by atoms with van der Waals surface area (Å²) < 4.78 is 0. The van der Waals surface area contributed by atoms with Crippen LogP contribution in [0.3, 0.4) is 0 Å². The van der Waals surface area contributed by atoms with E-state index in [-0.39, 0.29) is 11.8 Å². The molecule has 0 aliphatic carbocycles. The highest BCUT2D eigenvalue weighted by Crippen LogP contribution is 2.39. The van der Waals surface area contributed by atoms with E-state index < -0.39 is 6.10 Å².